The number of anilines is 1. The molecule has 0 saturated carbocycles. The van der Waals surface area contributed by atoms with Gasteiger partial charge in [0.05, 0.1) is 22.1 Å². The van der Waals surface area contributed by atoms with Crippen molar-refractivity contribution in [2.24, 2.45) is 7.05 Å². The van der Waals surface area contributed by atoms with Gasteiger partial charge in [0.15, 0.2) is 0 Å². The number of likely N-dealkylation sites (tertiary alicyclic amines) is 1. The predicted molar refractivity (Wildman–Crippen MR) is 122 cm³/mol. The zero-order valence-corrected chi connectivity index (χ0v) is 19.3. The maximum Gasteiger partial charge on any atom is 0.275 e. The summed E-state index contributed by atoms with van der Waals surface area (Å²) in [5.41, 5.74) is 4.57. The molecule has 4 aromatic rings. The maximum atomic E-state index is 12.9. The first-order chi connectivity index (χ1) is 15.9. The van der Waals surface area contributed by atoms with Gasteiger partial charge in [-0.1, -0.05) is 0 Å². The highest BCUT2D eigenvalue weighted by Gasteiger charge is 2.27. The van der Waals surface area contributed by atoms with Crippen molar-refractivity contribution in [2.45, 2.75) is 32.6 Å². The Hall–Kier alpha value is -3.60. The topological polar surface area (TPSA) is 119 Å². The Balaban J connectivity index is 1.21. The molecule has 0 spiro atoms. The van der Waals surface area contributed by atoms with Gasteiger partial charge in [-0.2, -0.15) is 5.10 Å². The van der Waals surface area contributed by atoms with Crippen molar-refractivity contribution in [3.8, 4) is 0 Å². The van der Waals surface area contributed by atoms with E-state index in [-0.39, 0.29) is 17.7 Å². The van der Waals surface area contributed by atoms with E-state index in [0.29, 0.717) is 35.4 Å². The first-order valence-corrected chi connectivity index (χ1v) is 11.6. The van der Waals surface area contributed by atoms with Crippen molar-refractivity contribution >= 4 is 39.9 Å². The molecular formula is C22H23N7O3S. The number of thiazole rings is 1. The molecule has 0 bridgehead atoms. The number of rotatable bonds is 4. The van der Waals surface area contributed by atoms with Crippen LogP contribution in [0.1, 0.15) is 56.0 Å². The van der Waals surface area contributed by atoms with Crippen molar-refractivity contribution in [3.05, 3.63) is 51.2 Å². The van der Waals surface area contributed by atoms with Crippen LogP contribution in [0.25, 0.3) is 11.0 Å². The lowest BCUT2D eigenvalue weighted by Gasteiger charge is -2.31. The van der Waals surface area contributed by atoms with Crippen molar-refractivity contribution in [2.75, 3.05) is 18.4 Å². The van der Waals surface area contributed by atoms with Crippen LogP contribution in [0.5, 0.6) is 0 Å². The number of hydrogen-bond acceptors (Lipinski definition) is 8. The van der Waals surface area contributed by atoms with E-state index < -0.39 is 0 Å². The number of hydrogen-bond donors (Lipinski definition) is 1. The van der Waals surface area contributed by atoms with Crippen LogP contribution in [-0.4, -0.2) is 54.9 Å². The molecular weight excluding hydrogens is 442 g/mol. The molecule has 1 aromatic carbocycles. The summed E-state index contributed by atoms with van der Waals surface area (Å²) in [7, 11) is 1.85. The number of nitrogens with one attached hydrogen (secondary N) is 1. The Labute approximate surface area is 193 Å². The van der Waals surface area contributed by atoms with E-state index in [0.717, 1.165) is 34.9 Å². The van der Waals surface area contributed by atoms with E-state index in [2.05, 4.69) is 25.7 Å². The maximum absolute atomic E-state index is 12.9. The summed E-state index contributed by atoms with van der Waals surface area (Å²) in [6, 6.07) is 5.19. The molecule has 170 valence electrons. The summed E-state index contributed by atoms with van der Waals surface area (Å²) < 4.78 is 6.45. The summed E-state index contributed by atoms with van der Waals surface area (Å²) in [5, 5.41) is 17.6. The third-order valence-corrected chi connectivity index (χ3v) is 7.14. The number of benzene rings is 1. The normalized spacial score (nSPS) is 14.7. The lowest BCUT2D eigenvalue weighted by molar-refractivity contribution is 0.0713. The molecule has 0 aliphatic carbocycles. The number of nitrogens with zero attached hydrogens (tertiary/aromatic N) is 6. The number of amides is 2. The first-order valence-electron chi connectivity index (χ1n) is 10.7. The zero-order valence-electron chi connectivity index (χ0n) is 18.5. The zero-order chi connectivity index (χ0) is 23.1. The molecule has 0 radical (unpaired) electrons. The molecule has 3 aromatic heterocycles. The Kier molecular flexibility index (Phi) is 5.41. The van der Waals surface area contributed by atoms with Crippen LogP contribution in [0, 0.1) is 13.8 Å². The quantitative estimate of drug-likeness (QED) is 0.491. The summed E-state index contributed by atoms with van der Waals surface area (Å²) >= 11 is 1.50. The minimum absolute atomic E-state index is 0.0280. The first kappa shape index (κ1) is 21.3. The van der Waals surface area contributed by atoms with Crippen LogP contribution in [0.4, 0.5) is 5.69 Å². The van der Waals surface area contributed by atoms with Gasteiger partial charge in [-0.25, -0.2) is 9.61 Å². The second-order valence-corrected chi connectivity index (χ2v) is 9.12. The van der Waals surface area contributed by atoms with E-state index in [9.17, 15) is 9.59 Å². The van der Waals surface area contributed by atoms with E-state index >= 15 is 0 Å². The summed E-state index contributed by atoms with van der Waals surface area (Å²) in [6.07, 6.45) is 1.60. The minimum atomic E-state index is -0.234. The van der Waals surface area contributed by atoms with Gasteiger partial charge >= 0.3 is 0 Å². The number of carbonyl (C=O) groups is 2. The molecule has 1 aliphatic rings. The third-order valence-electron chi connectivity index (χ3n) is 6.13. The summed E-state index contributed by atoms with van der Waals surface area (Å²) in [5.74, 6) is -0.0356. The van der Waals surface area contributed by atoms with Crippen molar-refractivity contribution < 1.29 is 14.2 Å². The van der Waals surface area contributed by atoms with Gasteiger partial charge in [-0.15, -0.1) is 11.3 Å². The lowest BCUT2D eigenvalue weighted by Crippen LogP contribution is -2.37. The van der Waals surface area contributed by atoms with Crippen molar-refractivity contribution in [3.63, 3.8) is 0 Å². The predicted octanol–water partition coefficient (Wildman–Crippen LogP) is 3.30. The Bertz CT molecular complexity index is 1350. The Morgan fingerprint density at radius 3 is 2.64 bits per heavy atom. The second-order valence-electron chi connectivity index (χ2n) is 8.23. The van der Waals surface area contributed by atoms with E-state index in [1.807, 2.05) is 25.8 Å². The van der Waals surface area contributed by atoms with Crippen LogP contribution < -0.4 is 5.32 Å². The number of aromatic nitrogens is 5. The largest absolute Gasteiger partial charge is 0.339 e. The molecule has 4 heterocycles. The smallest absolute Gasteiger partial charge is 0.275 e. The van der Waals surface area contributed by atoms with E-state index in [1.54, 1.807) is 28.3 Å². The van der Waals surface area contributed by atoms with Crippen LogP contribution in [0.3, 0.4) is 0 Å². The number of piperidine rings is 1. The highest BCUT2D eigenvalue weighted by Crippen LogP contribution is 2.31. The molecule has 33 heavy (non-hydrogen) atoms. The monoisotopic (exact) mass is 465 g/mol. The average Bonchev–Trinajstić information content (AvgIpc) is 3.55. The fourth-order valence-corrected chi connectivity index (χ4v) is 5.11. The van der Waals surface area contributed by atoms with Crippen LogP contribution in [-0.2, 0) is 7.05 Å². The fourth-order valence-electron chi connectivity index (χ4n) is 4.14. The lowest BCUT2D eigenvalue weighted by atomic mass is 9.97. The highest BCUT2D eigenvalue weighted by atomic mass is 32.1. The van der Waals surface area contributed by atoms with E-state index in [1.165, 1.54) is 11.3 Å². The van der Waals surface area contributed by atoms with Gasteiger partial charge in [-0.05, 0) is 55.2 Å². The Morgan fingerprint density at radius 1 is 1.15 bits per heavy atom. The van der Waals surface area contributed by atoms with E-state index in [4.69, 9.17) is 4.63 Å². The fraction of sp³-hybridized carbons (Fsp3) is 0.364. The molecule has 1 fully saturated rings. The molecule has 11 heteroatoms. The SMILES string of the molecule is Cc1nn(C)c(C)c1NC(=O)c1csc(C2CCN(C(=O)c3ccc4nonc4c3)CC2)n1. The second kappa shape index (κ2) is 8.39. The molecule has 10 nitrogen and oxygen atoms in total. The van der Waals surface area contributed by atoms with Gasteiger partial charge in [-0.3, -0.25) is 14.3 Å². The van der Waals surface area contributed by atoms with Gasteiger partial charge in [0.2, 0.25) is 0 Å². The van der Waals surface area contributed by atoms with Crippen LogP contribution >= 0.6 is 11.3 Å². The van der Waals surface area contributed by atoms with Gasteiger partial charge in [0, 0.05) is 37.0 Å². The highest BCUT2D eigenvalue weighted by molar-refractivity contribution is 7.10. The summed E-state index contributed by atoms with van der Waals surface area (Å²) in [6.45, 7) is 5.05. The van der Waals surface area contributed by atoms with Crippen LogP contribution in [0.2, 0.25) is 0 Å². The molecule has 0 atom stereocenters. The Morgan fingerprint density at radius 2 is 1.91 bits per heavy atom. The molecule has 1 saturated heterocycles. The minimum Gasteiger partial charge on any atom is -0.339 e. The van der Waals surface area contributed by atoms with Crippen LogP contribution in [0.15, 0.2) is 28.2 Å². The number of aryl methyl sites for hydroxylation is 2. The number of fused-ring (bicyclic) bond motifs is 1. The molecule has 1 N–H and O–H groups in total. The molecule has 0 unspecified atom stereocenters. The summed E-state index contributed by atoms with van der Waals surface area (Å²) in [4.78, 5) is 32.1. The molecule has 2 amide bonds. The van der Waals surface area contributed by atoms with Gasteiger partial charge < -0.3 is 10.2 Å². The third kappa shape index (κ3) is 3.99. The average molecular weight is 466 g/mol. The standard InChI is InChI=1S/C22H23N7O3S/c1-12-19(13(2)28(3)25-12)24-20(30)18-11-33-21(23-18)14-6-8-29(9-7-14)22(31)15-4-5-16-17(10-15)27-32-26-16/h4-5,10-11,14H,6-9H2,1-3H3,(H,24,30). The van der Waals surface area contributed by atoms with Gasteiger partial charge in [0.1, 0.15) is 16.7 Å². The van der Waals surface area contributed by atoms with Gasteiger partial charge in [0.25, 0.3) is 11.8 Å². The van der Waals surface area contributed by atoms with Crippen molar-refractivity contribution in [1.82, 2.24) is 30.0 Å². The van der Waals surface area contributed by atoms with Crippen molar-refractivity contribution in [1.29, 1.82) is 0 Å². The molecule has 5 rings (SSSR count). The number of carbonyl (C=O) groups excluding carboxylic acids is 2. The molecule has 1 aliphatic heterocycles.